The maximum atomic E-state index is 13.5. The molecule has 0 amide bonds. The normalized spacial score (nSPS) is 16.1. The summed E-state index contributed by atoms with van der Waals surface area (Å²) in [5.74, 6) is 0.135. The van der Waals surface area contributed by atoms with Crippen LogP contribution in [0.1, 0.15) is 44.1 Å². The van der Waals surface area contributed by atoms with E-state index in [1.165, 1.54) is 38.3 Å². The Morgan fingerprint density at radius 3 is 2.90 bits per heavy atom. The molecule has 1 heterocycles. The van der Waals surface area contributed by atoms with Crippen molar-refractivity contribution in [2.24, 2.45) is 0 Å². The fourth-order valence-electron chi connectivity index (χ4n) is 2.61. The van der Waals surface area contributed by atoms with Crippen molar-refractivity contribution in [2.45, 2.75) is 51.2 Å². The summed E-state index contributed by atoms with van der Waals surface area (Å²) in [6.07, 6.45) is 9.13. The molecule has 0 unspecified atom stereocenters. The van der Waals surface area contributed by atoms with Crippen molar-refractivity contribution in [2.75, 3.05) is 20.3 Å². The van der Waals surface area contributed by atoms with E-state index in [2.05, 4.69) is 10.3 Å². The van der Waals surface area contributed by atoms with Gasteiger partial charge >= 0.3 is 0 Å². The second-order valence-corrected chi connectivity index (χ2v) is 5.49. The minimum Gasteiger partial charge on any atom is -0.495 e. The van der Waals surface area contributed by atoms with Crippen LogP contribution in [0.15, 0.2) is 12.3 Å². The zero-order valence-corrected chi connectivity index (χ0v) is 12.7. The third kappa shape index (κ3) is 5.59. The van der Waals surface area contributed by atoms with E-state index >= 15 is 0 Å². The number of methoxy groups -OCH3 is 1. The van der Waals surface area contributed by atoms with E-state index in [0.717, 1.165) is 19.6 Å². The smallest absolute Gasteiger partial charge is 0.217 e. The van der Waals surface area contributed by atoms with Crippen LogP contribution in [-0.4, -0.2) is 31.3 Å². The van der Waals surface area contributed by atoms with E-state index in [1.54, 1.807) is 13.2 Å². The third-order valence-electron chi connectivity index (χ3n) is 3.84. The van der Waals surface area contributed by atoms with E-state index in [9.17, 15) is 4.39 Å². The molecular weight excluding hydrogens is 271 g/mol. The number of nitrogens with one attached hydrogen (secondary N) is 1. The van der Waals surface area contributed by atoms with E-state index < -0.39 is 5.95 Å². The number of aromatic nitrogens is 1. The fraction of sp³-hybridized carbons (Fsp3) is 0.688. The molecule has 1 N–H and O–H groups in total. The Balaban J connectivity index is 1.59. The van der Waals surface area contributed by atoms with E-state index in [4.69, 9.17) is 9.47 Å². The molecule has 1 aromatic heterocycles. The highest BCUT2D eigenvalue weighted by atomic mass is 19.1. The molecule has 5 heteroatoms. The SMILES string of the molecule is COc1cnc(F)c(CNCCCOC2CCCCC2)c1. The van der Waals surface area contributed by atoms with Crippen molar-refractivity contribution in [3.05, 3.63) is 23.8 Å². The van der Waals surface area contributed by atoms with Gasteiger partial charge in [-0.25, -0.2) is 4.98 Å². The first-order valence-electron chi connectivity index (χ1n) is 7.80. The molecule has 1 saturated carbocycles. The molecule has 2 rings (SSSR count). The van der Waals surface area contributed by atoms with Crippen molar-refractivity contribution < 1.29 is 13.9 Å². The summed E-state index contributed by atoms with van der Waals surface area (Å²) in [4.78, 5) is 3.67. The Labute approximate surface area is 126 Å². The first-order valence-corrected chi connectivity index (χ1v) is 7.80. The van der Waals surface area contributed by atoms with Crippen LogP contribution in [0, 0.1) is 5.95 Å². The van der Waals surface area contributed by atoms with E-state index in [0.29, 0.717) is 24.0 Å². The highest BCUT2D eigenvalue weighted by molar-refractivity contribution is 5.24. The number of rotatable bonds is 8. The molecule has 118 valence electrons. The highest BCUT2D eigenvalue weighted by Gasteiger charge is 2.13. The molecule has 0 saturated heterocycles. The Kier molecular flexibility index (Phi) is 6.89. The number of pyridine rings is 1. The highest BCUT2D eigenvalue weighted by Crippen LogP contribution is 2.20. The topological polar surface area (TPSA) is 43.4 Å². The molecule has 0 spiro atoms. The lowest BCUT2D eigenvalue weighted by Crippen LogP contribution is -2.21. The minimum absolute atomic E-state index is 0.443. The molecule has 1 aromatic rings. The van der Waals surface area contributed by atoms with Gasteiger partial charge in [-0.05, 0) is 31.9 Å². The molecule has 4 nitrogen and oxygen atoms in total. The molecule has 1 aliphatic carbocycles. The summed E-state index contributed by atoms with van der Waals surface area (Å²) in [6, 6.07) is 1.67. The molecule has 0 aliphatic heterocycles. The maximum absolute atomic E-state index is 13.5. The van der Waals surface area contributed by atoms with Crippen molar-refractivity contribution in [1.29, 1.82) is 0 Å². The quantitative estimate of drug-likeness (QED) is 0.591. The lowest BCUT2D eigenvalue weighted by molar-refractivity contribution is 0.0273. The van der Waals surface area contributed by atoms with Gasteiger partial charge in [0.05, 0.1) is 19.4 Å². The second kappa shape index (κ2) is 8.95. The molecule has 0 aromatic carbocycles. The van der Waals surface area contributed by atoms with Gasteiger partial charge in [0.15, 0.2) is 0 Å². The van der Waals surface area contributed by atoms with Crippen molar-refractivity contribution in [3.8, 4) is 5.75 Å². The van der Waals surface area contributed by atoms with Gasteiger partial charge in [-0.1, -0.05) is 19.3 Å². The number of hydrogen-bond donors (Lipinski definition) is 1. The van der Waals surface area contributed by atoms with E-state index in [-0.39, 0.29) is 0 Å². The summed E-state index contributed by atoms with van der Waals surface area (Å²) in [5.41, 5.74) is 0.530. The van der Waals surface area contributed by atoms with Gasteiger partial charge in [0.25, 0.3) is 0 Å². The average Bonchev–Trinajstić information content (AvgIpc) is 2.53. The second-order valence-electron chi connectivity index (χ2n) is 5.49. The Hall–Kier alpha value is -1.20. The summed E-state index contributed by atoms with van der Waals surface area (Å²) >= 11 is 0. The number of hydrogen-bond acceptors (Lipinski definition) is 4. The van der Waals surface area contributed by atoms with Crippen molar-refractivity contribution >= 4 is 0 Å². The van der Waals surface area contributed by atoms with Gasteiger partial charge < -0.3 is 14.8 Å². The predicted molar refractivity (Wildman–Crippen MR) is 79.9 cm³/mol. The zero-order chi connectivity index (χ0) is 14.9. The first-order chi connectivity index (χ1) is 10.3. The van der Waals surface area contributed by atoms with Gasteiger partial charge in [0.1, 0.15) is 5.75 Å². The largest absolute Gasteiger partial charge is 0.495 e. The third-order valence-corrected chi connectivity index (χ3v) is 3.84. The summed E-state index contributed by atoms with van der Waals surface area (Å²) in [6.45, 7) is 2.04. The zero-order valence-electron chi connectivity index (χ0n) is 12.7. The first kappa shape index (κ1) is 16.2. The fourth-order valence-corrected chi connectivity index (χ4v) is 2.61. The minimum atomic E-state index is -0.443. The number of nitrogens with zero attached hydrogens (tertiary/aromatic N) is 1. The van der Waals surface area contributed by atoms with Crippen molar-refractivity contribution in [3.63, 3.8) is 0 Å². The molecular formula is C16H25FN2O2. The summed E-state index contributed by atoms with van der Waals surface area (Å²) in [7, 11) is 1.55. The summed E-state index contributed by atoms with van der Waals surface area (Å²) < 4.78 is 24.4. The lowest BCUT2D eigenvalue weighted by Gasteiger charge is -2.21. The lowest BCUT2D eigenvalue weighted by atomic mass is 9.98. The summed E-state index contributed by atoms with van der Waals surface area (Å²) in [5, 5.41) is 3.22. The monoisotopic (exact) mass is 296 g/mol. The van der Waals surface area contributed by atoms with Crippen LogP contribution in [-0.2, 0) is 11.3 Å². The van der Waals surface area contributed by atoms with Crippen LogP contribution in [0.25, 0.3) is 0 Å². The molecule has 1 fully saturated rings. The van der Waals surface area contributed by atoms with Crippen molar-refractivity contribution in [1.82, 2.24) is 10.3 Å². The molecule has 21 heavy (non-hydrogen) atoms. The van der Waals surface area contributed by atoms with Gasteiger partial charge in [-0.3, -0.25) is 0 Å². The molecule has 0 atom stereocenters. The Morgan fingerprint density at radius 2 is 2.14 bits per heavy atom. The van der Waals surface area contributed by atoms with Gasteiger partial charge in [0.2, 0.25) is 5.95 Å². The standard InChI is InChI=1S/C16H25FN2O2/c1-20-15-10-13(16(17)19-12-15)11-18-8-5-9-21-14-6-3-2-4-7-14/h10,12,14,18H,2-9,11H2,1H3. The number of ether oxygens (including phenoxy) is 2. The predicted octanol–water partition coefficient (Wildman–Crippen LogP) is 3.06. The van der Waals surface area contributed by atoms with Crippen LogP contribution < -0.4 is 10.1 Å². The van der Waals surface area contributed by atoms with Gasteiger partial charge in [-0.2, -0.15) is 4.39 Å². The maximum Gasteiger partial charge on any atom is 0.217 e. The van der Waals surface area contributed by atoms with Crippen LogP contribution in [0.2, 0.25) is 0 Å². The number of halogens is 1. The molecule has 1 aliphatic rings. The Morgan fingerprint density at radius 1 is 1.33 bits per heavy atom. The molecule has 0 bridgehead atoms. The molecule has 0 radical (unpaired) electrons. The van der Waals surface area contributed by atoms with Crippen LogP contribution in [0.5, 0.6) is 5.75 Å². The van der Waals surface area contributed by atoms with Gasteiger partial charge in [-0.15, -0.1) is 0 Å². The van der Waals surface area contributed by atoms with Crippen LogP contribution in [0.4, 0.5) is 4.39 Å². The van der Waals surface area contributed by atoms with Crippen LogP contribution >= 0.6 is 0 Å². The van der Waals surface area contributed by atoms with E-state index in [1.807, 2.05) is 0 Å². The Bertz CT molecular complexity index is 423. The van der Waals surface area contributed by atoms with Crippen LogP contribution in [0.3, 0.4) is 0 Å². The van der Waals surface area contributed by atoms with Gasteiger partial charge in [0, 0.05) is 18.7 Å². The average molecular weight is 296 g/mol.